The molecule has 0 saturated heterocycles. The van der Waals surface area contributed by atoms with Crippen molar-refractivity contribution in [2.24, 2.45) is 0 Å². The molecule has 0 radical (unpaired) electrons. The summed E-state index contributed by atoms with van der Waals surface area (Å²) in [4.78, 5) is 0. The highest BCUT2D eigenvalue weighted by Crippen LogP contribution is 2.38. The zero-order valence-corrected chi connectivity index (χ0v) is 7.85. The van der Waals surface area contributed by atoms with E-state index in [0.717, 1.165) is 5.92 Å². The van der Waals surface area contributed by atoms with Crippen molar-refractivity contribution in [1.29, 1.82) is 0 Å². The van der Waals surface area contributed by atoms with Crippen molar-refractivity contribution < 1.29 is 0 Å². The van der Waals surface area contributed by atoms with E-state index in [1.165, 1.54) is 30.4 Å². The van der Waals surface area contributed by atoms with Gasteiger partial charge in [0.1, 0.15) is 0 Å². The first-order valence-electron chi connectivity index (χ1n) is 4.55. The number of halogens is 1. The lowest BCUT2D eigenvalue weighted by Crippen LogP contribution is -2.10. The maximum atomic E-state index is 5.86. The fourth-order valence-corrected chi connectivity index (χ4v) is 2.02. The van der Waals surface area contributed by atoms with Gasteiger partial charge in [0.25, 0.3) is 0 Å². The zero-order chi connectivity index (χ0) is 8.39. The predicted octanol–water partition coefficient (Wildman–Crippen LogP) is 3.69. The Balaban J connectivity index is 2.27. The normalized spacial score (nSPS) is 17.4. The molecule has 0 aliphatic heterocycles. The van der Waals surface area contributed by atoms with Crippen LogP contribution in [0.1, 0.15) is 36.3 Å². The van der Waals surface area contributed by atoms with Crippen LogP contribution in [0.15, 0.2) is 24.3 Å². The van der Waals surface area contributed by atoms with Gasteiger partial charge < -0.3 is 0 Å². The highest BCUT2D eigenvalue weighted by Gasteiger charge is 2.20. The van der Waals surface area contributed by atoms with E-state index in [-0.39, 0.29) is 0 Å². The maximum Gasteiger partial charge on any atom is 0.0476 e. The van der Waals surface area contributed by atoms with Crippen molar-refractivity contribution in [3.63, 3.8) is 0 Å². The van der Waals surface area contributed by atoms with Gasteiger partial charge in [-0.15, -0.1) is 11.6 Å². The summed E-state index contributed by atoms with van der Waals surface area (Å²) < 4.78 is 0. The lowest BCUT2D eigenvalue weighted by atomic mass is 9.78. The standard InChI is InChI=1S/C11H13Cl/c12-8-10-4-1-2-7-11(10)9-5-3-6-9/h1-2,4,7,9H,3,5-6,8H2. The Bertz CT molecular complexity index is 263. The molecule has 1 saturated carbocycles. The van der Waals surface area contributed by atoms with Crippen molar-refractivity contribution in [3.8, 4) is 0 Å². The fourth-order valence-electron chi connectivity index (χ4n) is 1.77. The van der Waals surface area contributed by atoms with Crippen molar-refractivity contribution >= 4 is 11.6 Å². The molecule has 0 spiro atoms. The molecule has 1 aliphatic carbocycles. The lowest BCUT2D eigenvalue weighted by Gasteiger charge is -2.27. The van der Waals surface area contributed by atoms with Crippen molar-refractivity contribution in [2.45, 2.75) is 31.1 Å². The molecule has 0 nitrogen and oxygen atoms in total. The molecule has 1 fully saturated rings. The van der Waals surface area contributed by atoms with Crippen LogP contribution in [0.2, 0.25) is 0 Å². The molecular formula is C11H13Cl. The number of rotatable bonds is 2. The number of hydrogen-bond donors (Lipinski definition) is 0. The van der Waals surface area contributed by atoms with Crippen LogP contribution in [0.25, 0.3) is 0 Å². The summed E-state index contributed by atoms with van der Waals surface area (Å²) in [5, 5.41) is 0. The second-order valence-electron chi connectivity index (χ2n) is 3.46. The minimum atomic E-state index is 0.659. The lowest BCUT2D eigenvalue weighted by molar-refractivity contribution is 0.418. The van der Waals surface area contributed by atoms with Gasteiger partial charge in [-0.05, 0) is 29.9 Å². The van der Waals surface area contributed by atoms with Gasteiger partial charge in [0.2, 0.25) is 0 Å². The molecule has 64 valence electrons. The van der Waals surface area contributed by atoms with Crippen LogP contribution in [-0.2, 0) is 5.88 Å². The van der Waals surface area contributed by atoms with Crippen molar-refractivity contribution in [1.82, 2.24) is 0 Å². The Morgan fingerprint density at radius 1 is 1.25 bits per heavy atom. The molecule has 12 heavy (non-hydrogen) atoms. The monoisotopic (exact) mass is 180 g/mol. The predicted molar refractivity (Wildman–Crippen MR) is 52.6 cm³/mol. The maximum absolute atomic E-state index is 5.86. The average Bonchev–Trinajstić information content (AvgIpc) is 2.02. The van der Waals surface area contributed by atoms with Crippen LogP contribution in [0.3, 0.4) is 0 Å². The van der Waals surface area contributed by atoms with Crippen LogP contribution in [0.5, 0.6) is 0 Å². The smallest absolute Gasteiger partial charge is 0.0476 e. The number of benzene rings is 1. The molecule has 0 amide bonds. The van der Waals surface area contributed by atoms with Gasteiger partial charge in [-0.3, -0.25) is 0 Å². The van der Waals surface area contributed by atoms with Crippen molar-refractivity contribution in [2.75, 3.05) is 0 Å². The Hall–Kier alpha value is -0.490. The Morgan fingerprint density at radius 3 is 2.58 bits per heavy atom. The summed E-state index contributed by atoms with van der Waals surface area (Å²) in [5.74, 6) is 1.46. The third-order valence-electron chi connectivity index (χ3n) is 2.74. The third kappa shape index (κ3) is 1.36. The highest BCUT2D eigenvalue weighted by atomic mass is 35.5. The van der Waals surface area contributed by atoms with E-state index in [1.807, 2.05) is 0 Å². The second-order valence-corrected chi connectivity index (χ2v) is 3.73. The van der Waals surface area contributed by atoms with E-state index in [4.69, 9.17) is 11.6 Å². The molecule has 0 atom stereocenters. The molecular weight excluding hydrogens is 168 g/mol. The molecule has 2 rings (SSSR count). The summed E-state index contributed by atoms with van der Waals surface area (Å²) in [6.07, 6.45) is 4.10. The van der Waals surface area contributed by atoms with E-state index < -0.39 is 0 Å². The molecule has 1 heteroatoms. The topological polar surface area (TPSA) is 0 Å². The van der Waals surface area contributed by atoms with Crippen LogP contribution in [0, 0.1) is 0 Å². The molecule has 1 aliphatic rings. The van der Waals surface area contributed by atoms with Crippen LogP contribution in [0.4, 0.5) is 0 Å². The van der Waals surface area contributed by atoms with Crippen LogP contribution >= 0.6 is 11.6 Å². The molecule has 0 unspecified atom stereocenters. The first kappa shape index (κ1) is 8.12. The second kappa shape index (κ2) is 3.49. The molecule has 1 aromatic carbocycles. The van der Waals surface area contributed by atoms with E-state index in [2.05, 4.69) is 24.3 Å². The van der Waals surface area contributed by atoms with Gasteiger partial charge in [-0.1, -0.05) is 30.7 Å². The highest BCUT2D eigenvalue weighted by molar-refractivity contribution is 6.17. The Kier molecular flexibility index (Phi) is 2.36. The summed E-state index contributed by atoms with van der Waals surface area (Å²) in [7, 11) is 0. The van der Waals surface area contributed by atoms with Crippen molar-refractivity contribution in [3.05, 3.63) is 35.4 Å². The summed E-state index contributed by atoms with van der Waals surface area (Å²) >= 11 is 5.86. The van der Waals surface area contributed by atoms with E-state index >= 15 is 0 Å². The average molecular weight is 181 g/mol. The molecule has 0 aromatic heterocycles. The summed E-state index contributed by atoms with van der Waals surface area (Å²) in [6.45, 7) is 0. The molecule has 0 N–H and O–H groups in total. The SMILES string of the molecule is ClCc1ccccc1C1CCC1. The first-order valence-corrected chi connectivity index (χ1v) is 5.09. The molecule has 1 aromatic rings. The molecule has 0 heterocycles. The quantitative estimate of drug-likeness (QED) is 0.609. The molecule has 0 bridgehead atoms. The van der Waals surface area contributed by atoms with Gasteiger partial charge in [0, 0.05) is 5.88 Å². The van der Waals surface area contributed by atoms with Gasteiger partial charge >= 0.3 is 0 Å². The first-order chi connectivity index (χ1) is 5.92. The summed E-state index contributed by atoms with van der Waals surface area (Å²) in [6, 6.07) is 8.55. The zero-order valence-electron chi connectivity index (χ0n) is 7.09. The largest absolute Gasteiger partial charge is 0.122 e. The van der Waals surface area contributed by atoms with E-state index in [0.29, 0.717) is 5.88 Å². The van der Waals surface area contributed by atoms with Crippen LogP contribution in [-0.4, -0.2) is 0 Å². The Labute approximate surface area is 78.6 Å². The number of alkyl halides is 1. The van der Waals surface area contributed by atoms with E-state index in [9.17, 15) is 0 Å². The van der Waals surface area contributed by atoms with Crippen LogP contribution < -0.4 is 0 Å². The number of hydrogen-bond acceptors (Lipinski definition) is 0. The van der Waals surface area contributed by atoms with Gasteiger partial charge in [-0.2, -0.15) is 0 Å². The minimum absolute atomic E-state index is 0.659. The van der Waals surface area contributed by atoms with Gasteiger partial charge in [0.05, 0.1) is 0 Å². The summed E-state index contributed by atoms with van der Waals surface area (Å²) in [5.41, 5.74) is 2.81. The van der Waals surface area contributed by atoms with Gasteiger partial charge in [-0.25, -0.2) is 0 Å². The minimum Gasteiger partial charge on any atom is -0.122 e. The fraction of sp³-hybridized carbons (Fsp3) is 0.455. The van der Waals surface area contributed by atoms with E-state index in [1.54, 1.807) is 0 Å². The Morgan fingerprint density at radius 2 is 2.00 bits per heavy atom. The van der Waals surface area contributed by atoms with Gasteiger partial charge in [0.15, 0.2) is 0 Å². The third-order valence-corrected chi connectivity index (χ3v) is 3.03.